The molecule has 28 heavy (non-hydrogen) atoms. The lowest BCUT2D eigenvalue weighted by atomic mass is 9.86. The molecule has 0 bridgehead atoms. The van der Waals surface area contributed by atoms with Gasteiger partial charge in [0.15, 0.2) is 5.11 Å². The van der Waals surface area contributed by atoms with E-state index in [0.717, 1.165) is 11.1 Å². The molecule has 3 saturated heterocycles. The number of nitrogens with one attached hydrogen (secondary N) is 4. The lowest BCUT2D eigenvalue weighted by Crippen LogP contribution is -2.65. The number of thiocarbonyl (C=S) groups is 1. The molecule has 1 aromatic carbocycles. The highest BCUT2D eigenvalue weighted by Gasteiger charge is 2.44. The number of alkyl halides is 3. The Hall–Kier alpha value is -1.75. The van der Waals surface area contributed by atoms with Gasteiger partial charge in [-0.1, -0.05) is 24.3 Å². The summed E-state index contributed by atoms with van der Waals surface area (Å²) in [5, 5.41) is 12.6. The molecule has 6 nitrogen and oxygen atoms in total. The predicted molar refractivity (Wildman–Crippen MR) is 101 cm³/mol. The van der Waals surface area contributed by atoms with Crippen molar-refractivity contribution in [1.82, 2.24) is 26.2 Å². The van der Waals surface area contributed by atoms with Gasteiger partial charge in [-0.05, 0) is 42.7 Å². The zero-order valence-electron chi connectivity index (χ0n) is 15.1. The monoisotopic (exact) mass is 413 g/mol. The lowest BCUT2D eigenvalue weighted by Gasteiger charge is -2.39. The maximum atomic E-state index is 13.2. The van der Waals surface area contributed by atoms with E-state index in [1.807, 2.05) is 29.2 Å². The summed E-state index contributed by atoms with van der Waals surface area (Å²) in [6, 6.07) is 6.70. The quantitative estimate of drug-likeness (QED) is 0.561. The molecule has 4 N–H and O–H groups in total. The number of fused-ring (bicyclic) bond motifs is 1. The first-order valence-electron chi connectivity index (χ1n) is 9.30. The standard InChI is InChI=1S/C18H22F3N5OS/c19-18(20,21)11-5-6-22-13(7-11)12-4-2-1-3-10(12)8-26-15-14(23-9-24-15)16(27)25-17(26)28/h1-4,11,13-15,22-24H,5-9H2,(H,25,27,28)/t11-,13+,14?,15?/m1/s1. The van der Waals surface area contributed by atoms with Crippen LogP contribution >= 0.6 is 12.2 Å². The van der Waals surface area contributed by atoms with Crippen LogP contribution in [0.25, 0.3) is 0 Å². The summed E-state index contributed by atoms with van der Waals surface area (Å²) in [7, 11) is 0. The molecule has 1 amide bonds. The predicted octanol–water partition coefficient (Wildman–Crippen LogP) is 1.35. The zero-order chi connectivity index (χ0) is 19.9. The van der Waals surface area contributed by atoms with Gasteiger partial charge in [0, 0.05) is 19.3 Å². The van der Waals surface area contributed by atoms with Crippen LogP contribution in [0.4, 0.5) is 13.2 Å². The maximum Gasteiger partial charge on any atom is 0.391 e. The number of rotatable bonds is 3. The van der Waals surface area contributed by atoms with Crippen molar-refractivity contribution in [3.63, 3.8) is 0 Å². The topological polar surface area (TPSA) is 68.4 Å². The van der Waals surface area contributed by atoms with E-state index in [1.165, 1.54) is 0 Å². The average Bonchev–Trinajstić information content (AvgIpc) is 3.15. The summed E-state index contributed by atoms with van der Waals surface area (Å²) in [6.45, 7) is 1.22. The van der Waals surface area contributed by atoms with Gasteiger partial charge >= 0.3 is 6.18 Å². The van der Waals surface area contributed by atoms with Crippen LogP contribution in [0.15, 0.2) is 24.3 Å². The lowest BCUT2D eigenvalue weighted by molar-refractivity contribution is -0.183. The second kappa shape index (κ2) is 7.58. The average molecular weight is 413 g/mol. The number of benzene rings is 1. The number of carbonyl (C=O) groups excluding carboxylic acids is 1. The third-order valence-electron chi connectivity index (χ3n) is 5.70. The summed E-state index contributed by atoms with van der Waals surface area (Å²) in [4.78, 5) is 14.0. The van der Waals surface area contributed by atoms with Gasteiger partial charge in [0.2, 0.25) is 5.91 Å². The smallest absolute Gasteiger partial charge is 0.327 e. The molecule has 0 saturated carbocycles. The number of nitrogens with zero attached hydrogens (tertiary/aromatic N) is 1. The number of piperidine rings is 1. The summed E-state index contributed by atoms with van der Waals surface area (Å²) in [5.41, 5.74) is 1.74. The van der Waals surface area contributed by atoms with Gasteiger partial charge in [0.25, 0.3) is 0 Å². The molecule has 152 valence electrons. The van der Waals surface area contributed by atoms with Gasteiger partial charge in [-0.2, -0.15) is 13.2 Å². The Bertz CT molecular complexity index is 774. The van der Waals surface area contributed by atoms with E-state index in [2.05, 4.69) is 21.3 Å². The molecule has 3 aliphatic heterocycles. The molecule has 0 aliphatic carbocycles. The number of amides is 1. The molecule has 3 heterocycles. The molecule has 4 rings (SSSR count). The minimum Gasteiger partial charge on any atom is -0.327 e. The van der Waals surface area contributed by atoms with Crippen molar-refractivity contribution < 1.29 is 18.0 Å². The Morgan fingerprint density at radius 2 is 1.96 bits per heavy atom. The second-order valence-electron chi connectivity index (χ2n) is 7.40. The third kappa shape index (κ3) is 3.73. The van der Waals surface area contributed by atoms with Crippen LogP contribution in [0.5, 0.6) is 0 Å². The van der Waals surface area contributed by atoms with E-state index in [4.69, 9.17) is 12.2 Å². The van der Waals surface area contributed by atoms with E-state index >= 15 is 0 Å². The highest BCUT2D eigenvalue weighted by Crippen LogP contribution is 2.39. The van der Waals surface area contributed by atoms with Gasteiger partial charge in [0.05, 0.1) is 5.92 Å². The number of hydrogen-bond acceptors (Lipinski definition) is 5. The van der Waals surface area contributed by atoms with Crippen LogP contribution in [-0.2, 0) is 11.3 Å². The Kier molecular flexibility index (Phi) is 5.30. The maximum absolute atomic E-state index is 13.2. The van der Waals surface area contributed by atoms with Crippen LogP contribution in [0, 0.1) is 5.92 Å². The summed E-state index contributed by atoms with van der Waals surface area (Å²) in [5.74, 6) is -1.47. The highest BCUT2D eigenvalue weighted by atomic mass is 32.1. The van der Waals surface area contributed by atoms with E-state index in [0.29, 0.717) is 24.9 Å². The first-order chi connectivity index (χ1) is 13.3. The second-order valence-corrected chi connectivity index (χ2v) is 7.78. The molecule has 10 heteroatoms. The first kappa shape index (κ1) is 19.6. The van der Waals surface area contributed by atoms with E-state index < -0.39 is 18.1 Å². The number of hydrogen-bond donors (Lipinski definition) is 4. The van der Waals surface area contributed by atoms with Crippen LogP contribution in [0.3, 0.4) is 0 Å². The Balaban J connectivity index is 1.56. The van der Waals surface area contributed by atoms with Crippen molar-refractivity contribution in [2.75, 3.05) is 13.2 Å². The van der Waals surface area contributed by atoms with Crippen molar-refractivity contribution >= 4 is 23.2 Å². The summed E-state index contributed by atoms with van der Waals surface area (Å²) < 4.78 is 39.7. The van der Waals surface area contributed by atoms with Crippen LogP contribution in [0.2, 0.25) is 0 Å². The van der Waals surface area contributed by atoms with Gasteiger partial charge in [-0.25, -0.2) is 0 Å². The first-order valence-corrected chi connectivity index (χ1v) is 9.71. The fourth-order valence-corrected chi connectivity index (χ4v) is 4.51. The van der Waals surface area contributed by atoms with Crippen molar-refractivity contribution in [1.29, 1.82) is 0 Å². The number of carbonyl (C=O) groups is 1. The van der Waals surface area contributed by atoms with Gasteiger partial charge in [-0.3, -0.25) is 15.4 Å². The van der Waals surface area contributed by atoms with Gasteiger partial charge < -0.3 is 15.5 Å². The molecule has 2 unspecified atom stereocenters. The van der Waals surface area contributed by atoms with Crippen molar-refractivity contribution in [3.8, 4) is 0 Å². The van der Waals surface area contributed by atoms with Gasteiger partial charge in [-0.15, -0.1) is 0 Å². The van der Waals surface area contributed by atoms with Crippen molar-refractivity contribution in [2.45, 2.75) is 43.8 Å². The molecule has 0 radical (unpaired) electrons. The molecule has 4 atom stereocenters. The van der Waals surface area contributed by atoms with Crippen LogP contribution in [0.1, 0.15) is 30.0 Å². The van der Waals surface area contributed by atoms with Crippen LogP contribution in [-0.4, -0.2) is 47.5 Å². The normalized spacial score (nSPS) is 30.9. The number of halogens is 3. The third-order valence-corrected chi connectivity index (χ3v) is 6.03. The van der Waals surface area contributed by atoms with Crippen molar-refractivity contribution in [3.05, 3.63) is 35.4 Å². The zero-order valence-corrected chi connectivity index (χ0v) is 15.9. The van der Waals surface area contributed by atoms with E-state index in [1.54, 1.807) is 0 Å². The Labute approximate surface area is 166 Å². The molecular formula is C18H22F3N5OS. The van der Waals surface area contributed by atoms with E-state index in [9.17, 15) is 18.0 Å². The fourth-order valence-electron chi connectivity index (χ4n) is 4.23. The molecule has 3 aliphatic rings. The minimum absolute atomic E-state index is 0.0214. The Morgan fingerprint density at radius 3 is 2.75 bits per heavy atom. The molecule has 3 fully saturated rings. The highest BCUT2D eigenvalue weighted by molar-refractivity contribution is 7.80. The summed E-state index contributed by atoms with van der Waals surface area (Å²) in [6.07, 6.45) is -4.34. The molecular weight excluding hydrogens is 391 g/mol. The largest absolute Gasteiger partial charge is 0.391 e. The fraction of sp³-hybridized carbons (Fsp3) is 0.556. The molecule has 0 aromatic heterocycles. The van der Waals surface area contributed by atoms with E-state index in [-0.39, 0.29) is 31.0 Å². The summed E-state index contributed by atoms with van der Waals surface area (Å²) >= 11 is 5.36. The van der Waals surface area contributed by atoms with Gasteiger partial charge in [0.1, 0.15) is 12.2 Å². The molecule has 1 aromatic rings. The SMILES string of the molecule is O=C1NC(=S)N(Cc2ccccc2[C@@H]2C[C@H](C(F)(F)F)CCN2)C2NCNC12. The minimum atomic E-state index is -4.18. The van der Waals surface area contributed by atoms with Crippen molar-refractivity contribution in [2.24, 2.45) is 5.92 Å². The molecule has 0 spiro atoms. The Morgan fingerprint density at radius 1 is 1.18 bits per heavy atom. The van der Waals surface area contributed by atoms with Crippen LogP contribution < -0.4 is 21.3 Å².